The maximum absolute atomic E-state index is 12.7. The van der Waals surface area contributed by atoms with E-state index in [1.54, 1.807) is 12.1 Å². The molecule has 0 aliphatic rings. The zero-order chi connectivity index (χ0) is 18.2. The molecule has 5 aromatic rings. The van der Waals surface area contributed by atoms with Crippen molar-refractivity contribution in [1.82, 2.24) is 0 Å². The molecule has 0 aliphatic carbocycles. The number of fused-ring (bicyclic) bond motifs is 2. The average molecular weight is 346 g/mol. The summed E-state index contributed by atoms with van der Waals surface area (Å²) in [6.07, 6.45) is 1.50. The second kappa shape index (κ2) is 4.64. The summed E-state index contributed by atoms with van der Waals surface area (Å²) in [6, 6.07) is 7.61. The van der Waals surface area contributed by atoms with E-state index in [-0.39, 0.29) is 49.6 Å². The van der Waals surface area contributed by atoms with Crippen molar-refractivity contribution in [3.63, 3.8) is 0 Å². The van der Waals surface area contributed by atoms with Crippen molar-refractivity contribution in [3.8, 4) is 11.5 Å². The van der Waals surface area contributed by atoms with Gasteiger partial charge in [-0.1, -0.05) is 30.9 Å². The highest BCUT2D eigenvalue weighted by Crippen LogP contribution is 2.44. The molecule has 0 fully saturated rings. The molecule has 0 aliphatic heterocycles. The Bertz CT molecular complexity index is 1500. The summed E-state index contributed by atoms with van der Waals surface area (Å²) in [7, 11) is 0. The maximum Gasteiger partial charge on any atom is 0.348 e. The van der Waals surface area contributed by atoms with E-state index in [1.165, 1.54) is 24.3 Å². The van der Waals surface area contributed by atoms with Crippen LogP contribution in [0.5, 0.6) is 11.5 Å². The predicted molar refractivity (Wildman–Crippen MR) is 98.1 cm³/mol. The van der Waals surface area contributed by atoms with Crippen molar-refractivity contribution in [2.45, 2.75) is 0 Å². The fraction of sp³-hybridized carbons (Fsp3) is 0. The summed E-state index contributed by atoms with van der Waals surface area (Å²) in [5, 5.41) is 22.0. The molecule has 126 valence electrons. The Morgan fingerprint density at radius 2 is 1.62 bits per heavy atom. The number of rotatable bonds is 1. The molecular formula is C20H10O6. The normalized spacial score (nSPS) is 11.8. The number of aromatic hydroxyl groups is 2. The van der Waals surface area contributed by atoms with Crippen molar-refractivity contribution >= 4 is 49.6 Å². The van der Waals surface area contributed by atoms with Gasteiger partial charge in [0.05, 0.1) is 10.8 Å². The monoisotopic (exact) mass is 346 g/mol. The van der Waals surface area contributed by atoms with Crippen LogP contribution < -0.4 is 11.3 Å². The minimum atomic E-state index is -0.758. The molecule has 0 atom stereocenters. The van der Waals surface area contributed by atoms with Crippen LogP contribution in [0.25, 0.3) is 49.6 Å². The van der Waals surface area contributed by atoms with Crippen molar-refractivity contribution in [2.24, 2.45) is 0 Å². The fourth-order valence-electron chi connectivity index (χ4n) is 3.62. The Kier molecular flexibility index (Phi) is 2.59. The van der Waals surface area contributed by atoms with Crippen LogP contribution in [-0.2, 0) is 0 Å². The molecule has 2 heterocycles. The Morgan fingerprint density at radius 3 is 2.38 bits per heavy atom. The molecule has 6 nitrogen and oxygen atoms in total. The Morgan fingerprint density at radius 1 is 0.846 bits per heavy atom. The zero-order valence-electron chi connectivity index (χ0n) is 13.2. The lowest BCUT2D eigenvalue weighted by Crippen LogP contribution is -2.08. The van der Waals surface area contributed by atoms with Crippen LogP contribution in [-0.4, -0.2) is 10.2 Å². The lowest BCUT2D eigenvalue weighted by atomic mass is 9.95. The van der Waals surface area contributed by atoms with Crippen LogP contribution in [0.2, 0.25) is 0 Å². The van der Waals surface area contributed by atoms with Crippen LogP contribution in [0, 0.1) is 0 Å². The molecule has 5 rings (SSSR count). The van der Waals surface area contributed by atoms with E-state index in [0.29, 0.717) is 10.9 Å². The first-order chi connectivity index (χ1) is 12.5. The summed E-state index contributed by atoms with van der Waals surface area (Å²) >= 11 is 0. The van der Waals surface area contributed by atoms with E-state index in [0.717, 1.165) is 0 Å². The van der Waals surface area contributed by atoms with Crippen molar-refractivity contribution < 1.29 is 19.0 Å². The highest BCUT2D eigenvalue weighted by atomic mass is 16.4. The summed E-state index contributed by atoms with van der Waals surface area (Å²) in [5.74, 6) is -0.509. The first-order valence-corrected chi connectivity index (χ1v) is 7.77. The number of hydrogen-bond acceptors (Lipinski definition) is 6. The molecule has 0 saturated heterocycles. The molecule has 0 unspecified atom stereocenters. The second-order valence-corrected chi connectivity index (χ2v) is 6.01. The third-order valence-electron chi connectivity index (χ3n) is 4.71. The third kappa shape index (κ3) is 1.56. The van der Waals surface area contributed by atoms with Gasteiger partial charge in [-0.2, -0.15) is 0 Å². The smallest absolute Gasteiger partial charge is 0.348 e. The molecule has 0 saturated carbocycles. The van der Waals surface area contributed by atoms with Crippen LogP contribution in [0.4, 0.5) is 0 Å². The minimum Gasteiger partial charge on any atom is -0.507 e. The van der Waals surface area contributed by atoms with Gasteiger partial charge in [-0.25, -0.2) is 9.59 Å². The van der Waals surface area contributed by atoms with E-state index < -0.39 is 11.3 Å². The molecular weight excluding hydrogens is 336 g/mol. The van der Waals surface area contributed by atoms with Gasteiger partial charge in [-0.05, 0) is 17.7 Å². The molecule has 0 bridgehead atoms. The number of phenols is 2. The lowest BCUT2D eigenvalue weighted by Gasteiger charge is -2.13. The zero-order valence-corrected chi connectivity index (χ0v) is 13.2. The minimum absolute atomic E-state index is 0.0301. The second-order valence-electron chi connectivity index (χ2n) is 6.01. The molecule has 2 aromatic heterocycles. The third-order valence-corrected chi connectivity index (χ3v) is 4.71. The largest absolute Gasteiger partial charge is 0.507 e. The van der Waals surface area contributed by atoms with Crippen LogP contribution >= 0.6 is 0 Å². The number of hydrogen-bond donors (Lipinski definition) is 2. The Hall–Kier alpha value is -3.80. The van der Waals surface area contributed by atoms with E-state index in [9.17, 15) is 19.8 Å². The predicted octanol–water partition coefficient (Wildman–Crippen LogP) is 3.70. The number of benzene rings is 3. The summed E-state index contributed by atoms with van der Waals surface area (Å²) in [4.78, 5) is 25.2. The van der Waals surface area contributed by atoms with Crippen LogP contribution in [0.1, 0.15) is 5.56 Å². The fourth-order valence-corrected chi connectivity index (χ4v) is 3.62. The summed E-state index contributed by atoms with van der Waals surface area (Å²) < 4.78 is 10.8. The molecule has 26 heavy (non-hydrogen) atoms. The molecule has 0 amide bonds. The van der Waals surface area contributed by atoms with Gasteiger partial charge < -0.3 is 19.0 Å². The van der Waals surface area contributed by atoms with Crippen LogP contribution in [0.3, 0.4) is 0 Å². The molecule has 0 spiro atoms. The first-order valence-electron chi connectivity index (χ1n) is 7.77. The molecule has 6 heteroatoms. The standard InChI is InChI=1S/C20H10O6/c1-2-8-6-7-11-14-12(8)19(23)26-18-13-9(4-3-5-10(13)21)17(22)16(15(14)18)20(24)25-11/h2-7,21-22H,1H2. The first kappa shape index (κ1) is 14.5. The van der Waals surface area contributed by atoms with Crippen molar-refractivity contribution in [2.75, 3.05) is 0 Å². The molecule has 0 radical (unpaired) electrons. The molecule has 2 N–H and O–H groups in total. The lowest BCUT2D eigenvalue weighted by molar-refractivity contribution is 0.475. The van der Waals surface area contributed by atoms with Gasteiger partial charge in [0, 0.05) is 16.2 Å². The van der Waals surface area contributed by atoms with Gasteiger partial charge in [0.15, 0.2) is 5.58 Å². The number of phenolic OH excluding ortho intramolecular Hbond substituents is 2. The highest BCUT2D eigenvalue weighted by molar-refractivity contribution is 6.29. The summed E-state index contributed by atoms with van der Waals surface area (Å²) in [6.45, 7) is 3.69. The highest BCUT2D eigenvalue weighted by Gasteiger charge is 2.25. The van der Waals surface area contributed by atoms with Gasteiger partial charge in [-0.3, -0.25) is 0 Å². The van der Waals surface area contributed by atoms with Gasteiger partial charge in [-0.15, -0.1) is 0 Å². The van der Waals surface area contributed by atoms with Gasteiger partial charge >= 0.3 is 11.3 Å². The van der Waals surface area contributed by atoms with E-state index in [2.05, 4.69) is 6.58 Å². The van der Waals surface area contributed by atoms with Gasteiger partial charge in [0.25, 0.3) is 0 Å². The van der Waals surface area contributed by atoms with Gasteiger partial charge in [0.1, 0.15) is 22.5 Å². The van der Waals surface area contributed by atoms with Crippen LogP contribution in [0.15, 0.2) is 55.3 Å². The van der Waals surface area contributed by atoms with E-state index >= 15 is 0 Å². The Labute approximate surface area is 144 Å². The van der Waals surface area contributed by atoms with E-state index in [1.807, 2.05) is 0 Å². The van der Waals surface area contributed by atoms with Gasteiger partial charge in [0.2, 0.25) is 0 Å². The van der Waals surface area contributed by atoms with Crippen molar-refractivity contribution in [1.29, 1.82) is 0 Å². The molecule has 3 aromatic carbocycles. The quantitative estimate of drug-likeness (QED) is 0.273. The Balaban J connectivity index is 2.33. The topological polar surface area (TPSA) is 101 Å². The summed E-state index contributed by atoms with van der Waals surface area (Å²) in [5.41, 5.74) is -0.673. The van der Waals surface area contributed by atoms with E-state index in [4.69, 9.17) is 8.83 Å². The SMILES string of the molecule is C=Cc1ccc2oc(=O)c3c(O)c4cccc(O)c4c4oc(=O)c1c2c34. The maximum atomic E-state index is 12.7. The van der Waals surface area contributed by atoms with Crippen molar-refractivity contribution in [3.05, 3.63) is 63.3 Å². The average Bonchev–Trinajstić information content (AvgIpc) is 2.63.